The largest absolute Gasteiger partial charge is 0.493 e. The van der Waals surface area contributed by atoms with Crippen LogP contribution < -0.4 is 5.56 Å². The van der Waals surface area contributed by atoms with Gasteiger partial charge in [-0.05, 0) is 12.5 Å². The molecular formula is C14H16N2O3. The van der Waals surface area contributed by atoms with E-state index in [2.05, 4.69) is 9.97 Å². The van der Waals surface area contributed by atoms with Gasteiger partial charge >= 0.3 is 0 Å². The first-order valence-electron chi connectivity index (χ1n) is 6.17. The number of hydrogen-bond donors (Lipinski definition) is 2. The summed E-state index contributed by atoms with van der Waals surface area (Å²) in [5, 5.41) is 9.91. The third-order valence-electron chi connectivity index (χ3n) is 2.70. The molecule has 1 aromatic heterocycles. The van der Waals surface area contributed by atoms with Crippen molar-refractivity contribution < 1.29 is 9.84 Å². The number of ether oxygens (including phenoxy) is 1. The van der Waals surface area contributed by atoms with Crippen molar-refractivity contribution in [1.29, 1.82) is 0 Å². The van der Waals surface area contributed by atoms with Crippen molar-refractivity contribution in [3.05, 3.63) is 46.5 Å². The molecule has 0 unspecified atom stereocenters. The van der Waals surface area contributed by atoms with Crippen LogP contribution in [0.4, 0.5) is 0 Å². The molecule has 0 bridgehead atoms. The average Bonchev–Trinajstić information content (AvgIpc) is 2.39. The molecule has 1 heterocycles. The van der Waals surface area contributed by atoms with Gasteiger partial charge in [-0.1, -0.05) is 30.3 Å². The molecule has 5 nitrogen and oxygen atoms in total. The maximum absolute atomic E-state index is 12.0. The fourth-order valence-corrected chi connectivity index (χ4v) is 1.80. The molecule has 5 heteroatoms. The quantitative estimate of drug-likeness (QED) is 0.803. The lowest BCUT2D eigenvalue weighted by atomic mass is 10.1. The first-order chi connectivity index (χ1) is 9.22. The number of aromatic nitrogens is 2. The van der Waals surface area contributed by atoms with E-state index in [0.29, 0.717) is 31.0 Å². The highest BCUT2D eigenvalue weighted by Crippen LogP contribution is 2.22. The summed E-state index contributed by atoms with van der Waals surface area (Å²) in [6.45, 7) is 2.97. The van der Waals surface area contributed by atoms with Crippen molar-refractivity contribution >= 4 is 0 Å². The van der Waals surface area contributed by atoms with Gasteiger partial charge in [0, 0.05) is 13.0 Å². The summed E-state index contributed by atoms with van der Waals surface area (Å²) in [7, 11) is 0. The summed E-state index contributed by atoms with van der Waals surface area (Å²) < 4.78 is 5.19. The number of nitrogens with one attached hydrogen (secondary N) is 1. The number of H-pyrrole nitrogens is 1. The van der Waals surface area contributed by atoms with E-state index in [1.807, 2.05) is 13.0 Å². The van der Waals surface area contributed by atoms with Crippen LogP contribution in [0.1, 0.15) is 12.7 Å². The third kappa shape index (κ3) is 3.20. The van der Waals surface area contributed by atoms with Gasteiger partial charge in [-0.15, -0.1) is 0 Å². The Balaban J connectivity index is 2.30. The smallest absolute Gasteiger partial charge is 0.262 e. The molecule has 0 spiro atoms. The summed E-state index contributed by atoms with van der Waals surface area (Å²) in [5.41, 5.74) is 0.496. The molecule has 0 saturated heterocycles. The van der Waals surface area contributed by atoms with Gasteiger partial charge in [-0.3, -0.25) is 4.79 Å². The van der Waals surface area contributed by atoms with Crippen LogP contribution in [-0.2, 0) is 11.2 Å². The number of hydrogen-bond acceptors (Lipinski definition) is 4. The maximum Gasteiger partial charge on any atom is 0.262 e. The van der Waals surface area contributed by atoms with E-state index in [1.54, 1.807) is 24.3 Å². The van der Waals surface area contributed by atoms with Gasteiger partial charge in [0.05, 0.1) is 6.61 Å². The van der Waals surface area contributed by atoms with Crippen molar-refractivity contribution in [3.8, 4) is 17.0 Å². The molecule has 0 fully saturated rings. The Labute approximate surface area is 110 Å². The Hall–Kier alpha value is -2.14. The Morgan fingerprint density at radius 1 is 1.32 bits per heavy atom. The predicted molar refractivity (Wildman–Crippen MR) is 72.2 cm³/mol. The highest BCUT2D eigenvalue weighted by atomic mass is 16.5. The lowest BCUT2D eigenvalue weighted by Gasteiger charge is -2.06. The summed E-state index contributed by atoms with van der Waals surface area (Å²) in [6, 6.07) is 8.96. The van der Waals surface area contributed by atoms with Crippen molar-refractivity contribution in [1.82, 2.24) is 9.97 Å². The molecule has 0 atom stereocenters. The number of rotatable bonds is 5. The Kier molecular flexibility index (Phi) is 4.30. The van der Waals surface area contributed by atoms with Crippen molar-refractivity contribution in [2.24, 2.45) is 0 Å². The Morgan fingerprint density at radius 2 is 2.05 bits per heavy atom. The van der Waals surface area contributed by atoms with Gasteiger partial charge in [0.25, 0.3) is 5.56 Å². The number of nitrogens with zero attached hydrogens (tertiary/aromatic N) is 1. The zero-order chi connectivity index (χ0) is 13.7. The van der Waals surface area contributed by atoms with E-state index in [0.717, 1.165) is 0 Å². The highest BCUT2D eigenvalue weighted by Gasteiger charge is 2.12. The molecule has 2 aromatic rings. The fourth-order valence-electron chi connectivity index (χ4n) is 1.80. The minimum atomic E-state index is -0.342. The predicted octanol–water partition coefficient (Wildman–Crippen LogP) is 1.72. The second-order valence-corrected chi connectivity index (χ2v) is 4.02. The first kappa shape index (κ1) is 13.3. The van der Waals surface area contributed by atoms with Crippen molar-refractivity contribution in [3.63, 3.8) is 0 Å². The van der Waals surface area contributed by atoms with Gasteiger partial charge in [0.15, 0.2) is 0 Å². The summed E-state index contributed by atoms with van der Waals surface area (Å²) >= 11 is 0. The highest BCUT2D eigenvalue weighted by molar-refractivity contribution is 5.66. The summed E-state index contributed by atoms with van der Waals surface area (Å²) in [6.07, 6.45) is 0.464. The number of aromatic hydroxyl groups is 1. The van der Waals surface area contributed by atoms with Crippen molar-refractivity contribution in [2.45, 2.75) is 13.3 Å². The minimum absolute atomic E-state index is 0.195. The third-order valence-corrected chi connectivity index (χ3v) is 2.70. The van der Waals surface area contributed by atoms with Gasteiger partial charge in [-0.2, -0.15) is 4.98 Å². The number of aromatic amines is 1. The van der Waals surface area contributed by atoms with Crippen LogP contribution in [0.3, 0.4) is 0 Å². The fraction of sp³-hybridized carbons (Fsp3) is 0.286. The zero-order valence-electron chi connectivity index (χ0n) is 10.7. The lowest BCUT2D eigenvalue weighted by Crippen LogP contribution is -2.15. The van der Waals surface area contributed by atoms with Gasteiger partial charge < -0.3 is 14.8 Å². The molecule has 0 radical (unpaired) electrons. The van der Waals surface area contributed by atoms with Crippen LogP contribution in [0, 0.1) is 0 Å². The molecule has 2 rings (SSSR count). The molecule has 0 saturated carbocycles. The minimum Gasteiger partial charge on any atom is -0.493 e. The lowest BCUT2D eigenvalue weighted by molar-refractivity contribution is 0.149. The van der Waals surface area contributed by atoms with Crippen LogP contribution in [0.2, 0.25) is 0 Å². The van der Waals surface area contributed by atoms with Crippen LogP contribution >= 0.6 is 0 Å². The van der Waals surface area contributed by atoms with Gasteiger partial charge in [0.1, 0.15) is 11.4 Å². The molecule has 1 aromatic carbocycles. The van der Waals surface area contributed by atoms with E-state index in [1.165, 1.54) is 0 Å². The molecule has 0 amide bonds. The Bertz CT molecular complexity index is 593. The molecule has 100 valence electrons. The molecule has 0 aliphatic rings. The van der Waals surface area contributed by atoms with E-state index in [4.69, 9.17) is 4.74 Å². The van der Waals surface area contributed by atoms with Crippen LogP contribution in [-0.4, -0.2) is 28.3 Å². The topological polar surface area (TPSA) is 75.2 Å². The summed E-state index contributed by atoms with van der Waals surface area (Å²) in [5.74, 6) is 0.178. The van der Waals surface area contributed by atoms with E-state index in [-0.39, 0.29) is 17.0 Å². The zero-order valence-corrected chi connectivity index (χ0v) is 10.7. The summed E-state index contributed by atoms with van der Waals surface area (Å²) in [4.78, 5) is 18.7. The molecule has 19 heavy (non-hydrogen) atoms. The number of benzene rings is 1. The molecule has 2 N–H and O–H groups in total. The Morgan fingerprint density at radius 3 is 2.68 bits per heavy atom. The van der Waals surface area contributed by atoms with E-state index in [9.17, 15) is 9.90 Å². The first-order valence-corrected chi connectivity index (χ1v) is 6.17. The standard InChI is InChI=1S/C14H16N2O3/c1-2-19-9-8-11-15-13(17)12(14(18)16-11)10-6-4-3-5-7-10/h3-7H,2,8-9H2,1H3,(H2,15,16,17,18). The normalized spacial score (nSPS) is 10.6. The average molecular weight is 260 g/mol. The second kappa shape index (κ2) is 6.15. The van der Waals surface area contributed by atoms with Crippen LogP contribution in [0.25, 0.3) is 11.1 Å². The van der Waals surface area contributed by atoms with Gasteiger partial charge in [-0.25, -0.2) is 0 Å². The van der Waals surface area contributed by atoms with E-state index < -0.39 is 0 Å². The van der Waals surface area contributed by atoms with Crippen LogP contribution in [0.5, 0.6) is 5.88 Å². The maximum atomic E-state index is 12.0. The van der Waals surface area contributed by atoms with Crippen LogP contribution in [0.15, 0.2) is 35.1 Å². The molecular weight excluding hydrogens is 244 g/mol. The molecule has 0 aliphatic heterocycles. The van der Waals surface area contributed by atoms with Crippen molar-refractivity contribution in [2.75, 3.05) is 13.2 Å². The van der Waals surface area contributed by atoms with E-state index >= 15 is 0 Å². The molecule has 0 aliphatic carbocycles. The second-order valence-electron chi connectivity index (χ2n) is 4.02. The van der Waals surface area contributed by atoms with Gasteiger partial charge in [0.2, 0.25) is 5.88 Å². The monoisotopic (exact) mass is 260 g/mol. The SMILES string of the molecule is CCOCCc1nc(O)c(-c2ccccc2)c(=O)[nH]1.